The molecule has 2 rings (SSSR count). The van der Waals surface area contributed by atoms with Crippen LogP contribution < -0.4 is 5.32 Å². The standard InChI is InChI=1S/C15H26N4/c1-4-12(3)15-10-19(14(5-2)8-17-15)9-13-6-7-16-11-18-13/h6-7,11-12,14-15,17H,4-5,8-10H2,1-3H3. The van der Waals surface area contributed by atoms with Crippen LogP contribution in [-0.4, -0.2) is 40.0 Å². The monoisotopic (exact) mass is 262 g/mol. The number of hydrogen-bond acceptors (Lipinski definition) is 4. The molecule has 0 saturated carbocycles. The Bertz CT molecular complexity index is 368. The molecule has 0 aromatic carbocycles. The van der Waals surface area contributed by atoms with Gasteiger partial charge in [-0.2, -0.15) is 0 Å². The fourth-order valence-corrected chi connectivity index (χ4v) is 2.76. The van der Waals surface area contributed by atoms with E-state index in [0.29, 0.717) is 12.1 Å². The van der Waals surface area contributed by atoms with E-state index in [9.17, 15) is 0 Å². The van der Waals surface area contributed by atoms with Crippen molar-refractivity contribution in [2.45, 2.75) is 52.2 Å². The highest BCUT2D eigenvalue weighted by Gasteiger charge is 2.29. The minimum absolute atomic E-state index is 0.606. The third-order valence-corrected chi connectivity index (χ3v) is 4.37. The molecule has 0 amide bonds. The van der Waals surface area contributed by atoms with Crippen LogP contribution in [0.5, 0.6) is 0 Å². The number of nitrogens with one attached hydrogen (secondary N) is 1. The van der Waals surface area contributed by atoms with Gasteiger partial charge in [-0.1, -0.05) is 27.2 Å². The Hall–Kier alpha value is -1.00. The summed E-state index contributed by atoms with van der Waals surface area (Å²) in [7, 11) is 0. The lowest BCUT2D eigenvalue weighted by atomic mass is 9.94. The summed E-state index contributed by atoms with van der Waals surface area (Å²) >= 11 is 0. The van der Waals surface area contributed by atoms with Crippen molar-refractivity contribution in [3.63, 3.8) is 0 Å². The average Bonchev–Trinajstić information content (AvgIpc) is 2.47. The van der Waals surface area contributed by atoms with Crippen LogP contribution in [0.3, 0.4) is 0 Å². The molecule has 3 atom stereocenters. The van der Waals surface area contributed by atoms with Crippen LogP contribution in [0.15, 0.2) is 18.6 Å². The number of aromatic nitrogens is 2. The molecule has 0 aliphatic carbocycles. The second-order valence-corrected chi connectivity index (χ2v) is 5.59. The van der Waals surface area contributed by atoms with Gasteiger partial charge >= 0.3 is 0 Å². The van der Waals surface area contributed by atoms with E-state index >= 15 is 0 Å². The van der Waals surface area contributed by atoms with Crippen molar-refractivity contribution in [3.8, 4) is 0 Å². The highest BCUT2D eigenvalue weighted by Crippen LogP contribution is 2.18. The van der Waals surface area contributed by atoms with E-state index in [2.05, 4.69) is 41.0 Å². The number of nitrogens with zero attached hydrogens (tertiary/aromatic N) is 3. The van der Waals surface area contributed by atoms with Gasteiger partial charge in [0.2, 0.25) is 0 Å². The molecule has 1 fully saturated rings. The normalized spacial score (nSPS) is 26.3. The maximum atomic E-state index is 4.36. The first-order valence-corrected chi connectivity index (χ1v) is 7.46. The zero-order valence-corrected chi connectivity index (χ0v) is 12.3. The lowest BCUT2D eigenvalue weighted by Gasteiger charge is -2.42. The van der Waals surface area contributed by atoms with Crippen molar-refractivity contribution in [1.82, 2.24) is 20.2 Å². The molecule has 4 heteroatoms. The predicted molar refractivity (Wildman–Crippen MR) is 77.8 cm³/mol. The minimum Gasteiger partial charge on any atom is -0.311 e. The summed E-state index contributed by atoms with van der Waals surface area (Å²) in [5.41, 5.74) is 1.12. The molecular weight excluding hydrogens is 236 g/mol. The molecule has 19 heavy (non-hydrogen) atoms. The van der Waals surface area contributed by atoms with Crippen LogP contribution in [0.25, 0.3) is 0 Å². The van der Waals surface area contributed by atoms with Crippen LogP contribution in [0.2, 0.25) is 0 Å². The summed E-state index contributed by atoms with van der Waals surface area (Å²) in [6.07, 6.45) is 5.89. The van der Waals surface area contributed by atoms with Crippen molar-refractivity contribution in [1.29, 1.82) is 0 Å². The third-order valence-electron chi connectivity index (χ3n) is 4.37. The molecule has 4 nitrogen and oxygen atoms in total. The number of rotatable bonds is 5. The van der Waals surface area contributed by atoms with Crippen LogP contribution >= 0.6 is 0 Å². The Morgan fingerprint density at radius 2 is 2.32 bits per heavy atom. The topological polar surface area (TPSA) is 41.1 Å². The molecule has 106 valence electrons. The number of piperazine rings is 1. The first kappa shape index (κ1) is 14.4. The van der Waals surface area contributed by atoms with Gasteiger partial charge < -0.3 is 5.32 Å². The Morgan fingerprint density at radius 3 is 2.95 bits per heavy atom. The number of hydrogen-bond donors (Lipinski definition) is 1. The first-order chi connectivity index (χ1) is 9.24. The molecule has 0 radical (unpaired) electrons. The zero-order chi connectivity index (χ0) is 13.7. The minimum atomic E-state index is 0.606. The molecule has 1 aromatic heterocycles. The average molecular weight is 262 g/mol. The van der Waals surface area contributed by atoms with E-state index in [1.165, 1.54) is 12.8 Å². The molecule has 1 aliphatic heterocycles. The fraction of sp³-hybridized carbons (Fsp3) is 0.733. The van der Waals surface area contributed by atoms with Crippen LogP contribution in [0, 0.1) is 5.92 Å². The summed E-state index contributed by atoms with van der Waals surface area (Å²) in [5.74, 6) is 0.728. The largest absolute Gasteiger partial charge is 0.311 e. The van der Waals surface area contributed by atoms with E-state index in [1.54, 1.807) is 6.33 Å². The van der Waals surface area contributed by atoms with Gasteiger partial charge in [0.15, 0.2) is 0 Å². The lowest BCUT2D eigenvalue weighted by molar-refractivity contribution is 0.0980. The van der Waals surface area contributed by atoms with E-state index in [1.807, 2.05) is 12.3 Å². The Kier molecular flexibility index (Phi) is 5.28. The highest BCUT2D eigenvalue weighted by molar-refractivity contribution is 5.00. The first-order valence-electron chi connectivity index (χ1n) is 7.46. The van der Waals surface area contributed by atoms with Gasteiger partial charge in [0.05, 0.1) is 5.69 Å². The summed E-state index contributed by atoms with van der Waals surface area (Å²) in [4.78, 5) is 10.9. The second-order valence-electron chi connectivity index (χ2n) is 5.59. The maximum Gasteiger partial charge on any atom is 0.115 e. The molecule has 1 N–H and O–H groups in total. The van der Waals surface area contributed by atoms with Gasteiger partial charge in [0.25, 0.3) is 0 Å². The molecule has 1 aromatic rings. The van der Waals surface area contributed by atoms with E-state index in [0.717, 1.165) is 31.2 Å². The van der Waals surface area contributed by atoms with Crippen molar-refractivity contribution >= 4 is 0 Å². The molecule has 3 unspecified atom stereocenters. The van der Waals surface area contributed by atoms with Gasteiger partial charge in [0, 0.05) is 37.9 Å². The SMILES string of the molecule is CCC(C)C1CN(Cc2ccncn2)C(CC)CN1. The van der Waals surface area contributed by atoms with Crippen LogP contribution in [0.1, 0.15) is 39.3 Å². The highest BCUT2D eigenvalue weighted by atomic mass is 15.2. The smallest absolute Gasteiger partial charge is 0.115 e. The Morgan fingerprint density at radius 1 is 1.47 bits per heavy atom. The molecule has 1 saturated heterocycles. The van der Waals surface area contributed by atoms with Crippen LogP contribution in [0.4, 0.5) is 0 Å². The van der Waals surface area contributed by atoms with Crippen molar-refractivity contribution in [3.05, 3.63) is 24.3 Å². The van der Waals surface area contributed by atoms with Gasteiger partial charge in [-0.25, -0.2) is 9.97 Å². The van der Waals surface area contributed by atoms with Gasteiger partial charge in [0.1, 0.15) is 6.33 Å². The summed E-state index contributed by atoms with van der Waals surface area (Å²) in [6, 6.07) is 3.25. The van der Waals surface area contributed by atoms with Gasteiger partial charge in [-0.3, -0.25) is 4.90 Å². The fourth-order valence-electron chi connectivity index (χ4n) is 2.76. The third kappa shape index (κ3) is 3.74. The predicted octanol–water partition coefficient (Wildman–Crippen LogP) is 2.08. The summed E-state index contributed by atoms with van der Waals surface area (Å²) < 4.78 is 0. The Labute approximate surface area is 116 Å². The molecule has 0 bridgehead atoms. The second kappa shape index (κ2) is 6.96. The lowest BCUT2D eigenvalue weighted by Crippen LogP contribution is -2.57. The summed E-state index contributed by atoms with van der Waals surface area (Å²) in [6.45, 7) is 10.0. The molecule has 1 aliphatic rings. The van der Waals surface area contributed by atoms with Crippen molar-refractivity contribution in [2.24, 2.45) is 5.92 Å². The quantitative estimate of drug-likeness (QED) is 0.882. The van der Waals surface area contributed by atoms with Gasteiger partial charge in [-0.15, -0.1) is 0 Å². The van der Waals surface area contributed by atoms with E-state index < -0.39 is 0 Å². The molecule has 0 spiro atoms. The molecule has 2 heterocycles. The van der Waals surface area contributed by atoms with E-state index in [4.69, 9.17) is 0 Å². The summed E-state index contributed by atoms with van der Waals surface area (Å²) in [5, 5.41) is 3.71. The van der Waals surface area contributed by atoms with Crippen LogP contribution in [-0.2, 0) is 6.54 Å². The Balaban J connectivity index is 2.01. The van der Waals surface area contributed by atoms with Gasteiger partial charge in [-0.05, 0) is 18.4 Å². The van der Waals surface area contributed by atoms with Crippen molar-refractivity contribution < 1.29 is 0 Å². The molecular formula is C15H26N4. The zero-order valence-electron chi connectivity index (χ0n) is 12.3. The van der Waals surface area contributed by atoms with Crippen molar-refractivity contribution in [2.75, 3.05) is 13.1 Å². The van der Waals surface area contributed by atoms with E-state index in [-0.39, 0.29) is 0 Å². The maximum absolute atomic E-state index is 4.36.